The Morgan fingerprint density at radius 1 is 1.04 bits per heavy atom. The first-order chi connectivity index (χ1) is 12.2. The predicted molar refractivity (Wildman–Crippen MR) is 95.1 cm³/mol. The zero-order chi connectivity index (χ0) is 17.6. The number of benzene rings is 2. The number of hydrogen-bond donors (Lipinski definition) is 1. The monoisotopic (exact) mass is 337 g/mol. The van der Waals surface area contributed by atoms with E-state index in [9.17, 15) is 4.79 Å². The molecular formula is C19H19N3O3. The highest BCUT2D eigenvalue weighted by molar-refractivity contribution is 5.93. The number of ether oxygens (including phenoxy) is 2. The summed E-state index contributed by atoms with van der Waals surface area (Å²) in [5.74, 6) is 1.12. The number of nitrogens with one attached hydrogen (secondary N) is 1. The molecule has 0 unspecified atom stereocenters. The molecule has 0 saturated carbocycles. The Morgan fingerprint density at radius 3 is 2.56 bits per heavy atom. The first kappa shape index (κ1) is 16.7. The van der Waals surface area contributed by atoms with Gasteiger partial charge in [0, 0.05) is 6.54 Å². The topological polar surface area (TPSA) is 73.3 Å². The molecule has 3 rings (SSSR count). The van der Waals surface area contributed by atoms with Gasteiger partial charge in [-0.05, 0) is 36.2 Å². The zero-order valence-electron chi connectivity index (χ0n) is 14.2. The summed E-state index contributed by atoms with van der Waals surface area (Å²) in [6.45, 7) is 0.489. The third-order valence-electron chi connectivity index (χ3n) is 3.83. The van der Waals surface area contributed by atoms with Gasteiger partial charge in [-0.2, -0.15) is 0 Å². The Kier molecular flexibility index (Phi) is 5.09. The molecule has 2 aromatic carbocycles. The quantitative estimate of drug-likeness (QED) is 0.748. The third kappa shape index (κ3) is 3.85. The van der Waals surface area contributed by atoms with E-state index in [4.69, 9.17) is 9.47 Å². The lowest BCUT2D eigenvalue weighted by molar-refractivity contribution is 0.0949. The number of rotatable bonds is 6. The van der Waals surface area contributed by atoms with E-state index in [1.54, 1.807) is 14.2 Å². The lowest BCUT2D eigenvalue weighted by Gasteiger charge is -2.10. The summed E-state index contributed by atoms with van der Waals surface area (Å²) in [5.41, 5.74) is 2.83. The molecule has 0 saturated heterocycles. The summed E-state index contributed by atoms with van der Waals surface area (Å²) in [4.78, 5) is 20.8. The second kappa shape index (κ2) is 7.61. The fraction of sp³-hybridized carbons (Fsp3) is 0.211. The lowest BCUT2D eigenvalue weighted by Crippen LogP contribution is -2.26. The Balaban J connectivity index is 1.62. The molecule has 0 atom stereocenters. The molecule has 1 aromatic heterocycles. The van der Waals surface area contributed by atoms with Crippen molar-refractivity contribution in [2.75, 3.05) is 20.8 Å². The maximum absolute atomic E-state index is 12.2. The highest BCUT2D eigenvalue weighted by Crippen LogP contribution is 2.27. The second-order valence-electron chi connectivity index (χ2n) is 5.44. The number of hydrogen-bond acceptors (Lipinski definition) is 5. The van der Waals surface area contributed by atoms with E-state index in [0.29, 0.717) is 35.7 Å². The van der Waals surface area contributed by atoms with E-state index < -0.39 is 0 Å². The van der Waals surface area contributed by atoms with Crippen molar-refractivity contribution < 1.29 is 14.3 Å². The standard InChI is InChI=1S/C19H19N3O3/c1-24-17-8-7-13(11-18(17)25-2)9-10-20-19(23)16-12-21-14-5-3-4-6-15(14)22-16/h3-8,11-12H,9-10H2,1-2H3,(H,20,23). The molecule has 25 heavy (non-hydrogen) atoms. The SMILES string of the molecule is COc1ccc(CCNC(=O)c2cnc3ccccc3n2)cc1OC. The molecular weight excluding hydrogens is 318 g/mol. The van der Waals surface area contributed by atoms with Crippen molar-refractivity contribution in [3.05, 3.63) is 59.9 Å². The first-order valence-electron chi connectivity index (χ1n) is 7.92. The molecule has 128 valence electrons. The van der Waals surface area contributed by atoms with Crippen molar-refractivity contribution >= 4 is 16.9 Å². The van der Waals surface area contributed by atoms with Crippen molar-refractivity contribution in [2.24, 2.45) is 0 Å². The van der Waals surface area contributed by atoms with E-state index in [1.807, 2.05) is 42.5 Å². The fourth-order valence-electron chi connectivity index (χ4n) is 2.51. The van der Waals surface area contributed by atoms with E-state index in [2.05, 4.69) is 15.3 Å². The summed E-state index contributed by atoms with van der Waals surface area (Å²) < 4.78 is 10.5. The Hall–Kier alpha value is -3.15. The minimum Gasteiger partial charge on any atom is -0.493 e. The van der Waals surface area contributed by atoms with Crippen LogP contribution in [0.1, 0.15) is 16.1 Å². The Bertz CT molecular complexity index is 896. The van der Waals surface area contributed by atoms with E-state index in [1.165, 1.54) is 6.20 Å². The third-order valence-corrected chi connectivity index (χ3v) is 3.83. The van der Waals surface area contributed by atoms with Crippen molar-refractivity contribution in [1.29, 1.82) is 0 Å². The van der Waals surface area contributed by atoms with Gasteiger partial charge in [-0.1, -0.05) is 18.2 Å². The van der Waals surface area contributed by atoms with Crippen LogP contribution in [-0.4, -0.2) is 36.6 Å². The minimum absolute atomic E-state index is 0.237. The molecule has 6 heteroatoms. The molecule has 6 nitrogen and oxygen atoms in total. The van der Waals surface area contributed by atoms with E-state index in [-0.39, 0.29) is 5.91 Å². The molecule has 0 aliphatic carbocycles. The number of fused-ring (bicyclic) bond motifs is 1. The van der Waals surface area contributed by atoms with Gasteiger partial charge in [-0.25, -0.2) is 4.98 Å². The van der Waals surface area contributed by atoms with Crippen LogP contribution in [0, 0.1) is 0 Å². The molecule has 3 aromatic rings. The van der Waals surface area contributed by atoms with Gasteiger partial charge in [0.2, 0.25) is 0 Å². The van der Waals surface area contributed by atoms with Crippen LogP contribution in [-0.2, 0) is 6.42 Å². The predicted octanol–water partition coefficient (Wildman–Crippen LogP) is 2.62. The van der Waals surface area contributed by atoms with Crippen molar-refractivity contribution in [2.45, 2.75) is 6.42 Å². The van der Waals surface area contributed by atoms with Crippen LogP contribution in [0.4, 0.5) is 0 Å². The average molecular weight is 337 g/mol. The van der Waals surface area contributed by atoms with Gasteiger partial charge in [-0.15, -0.1) is 0 Å². The molecule has 0 fully saturated rings. The second-order valence-corrected chi connectivity index (χ2v) is 5.44. The lowest BCUT2D eigenvalue weighted by atomic mass is 10.1. The smallest absolute Gasteiger partial charge is 0.271 e. The van der Waals surface area contributed by atoms with Crippen molar-refractivity contribution in [1.82, 2.24) is 15.3 Å². The van der Waals surface area contributed by atoms with Crippen LogP contribution in [0.5, 0.6) is 11.5 Å². The number of carbonyl (C=O) groups excluding carboxylic acids is 1. The summed E-state index contributed by atoms with van der Waals surface area (Å²) >= 11 is 0. The molecule has 1 amide bonds. The molecule has 1 N–H and O–H groups in total. The average Bonchev–Trinajstić information content (AvgIpc) is 2.67. The summed E-state index contributed by atoms with van der Waals surface area (Å²) in [5, 5.41) is 2.86. The van der Waals surface area contributed by atoms with E-state index >= 15 is 0 Å². The molecule has 0 spiro atoms. The van der Waals surface area contributed by atoms with Crippen LogP contribution >= 0.6 is 0 Å². The summed E-state index contributed by atoms with van der Waals surface area (Å²) in [7, 11) is 3.20. The highest BCUT2D eigenvalue weighted by Gasteiger charge is 2.09. The number of aromatic nitrogens is 2. The van der Waals surface area contributed by atoms with Gasteiger partial charge >= 0.3 is 0 Å². The minimum atomic E-state index is -0.237. The molecule has 0 aliphatic heterocycles. The van der Waals surface area contributed by atoms with Crippen LogP contribution in [0.2, 0.25) is 0 Å². The van der Waals surface area contributed by atoms with Crippen molar-refractivity contribution in [3.63, 3.8) is 0 Å². The molecule has 0 bridgehead atoms. The van der Waals surface area contributed by atoms with Gasteiger partial charge < -0.3 is 14.8 Å². The number of nitrogens with zero attached hydrogens (tertiary/aromatic N) is 2. The molecule has 0 radical (unpaired) electrons. The van der Waals surface area contributed by atoms with Gasteiger partial charge in [0.25, 0.3) is 5.91 Å². The normalized spacial score (nSPS) is 10.5. The van der Waals surface area contributed by atoms with Gasteiger partial charge in [0.15, 0.2) is 11.5 Å². The molecule has 1 heterocycles. The van der Waals surface area contributed by atoms with Crippen LogP contribution in [0.15, 0.2) is 48.7 Å². The fourth-order valence-corrected chi connectivity index (χ4v) is 2.51. The zero-order valence-corrected chi connectivity index (χ0v) is 14.2. The first-order valence-corrected chi connectivity index (χ1v) is 7.92. The maximum Gasteiger partial charge on any atom is 0.271 e. The number of methoxy groups -OCH3 is 2. The van der Waals surface area contributed by atoms with Crippen LogP contribution in [0.25, 0.3) is 11.0 Å². The number of carbonyl (C=O) groups is 1. The van der Waals surface area contributed by atoms with Gasteiger partial charge in [0.1, 0.15) is 5.69 Å². The van der Waals surface area contributed by atoms with Crippen LogP contribution in [0.3, 0.4) is 0 Å². The number of para-hydroxylation sites is 2. The van der Waals surface area contributed by atoms with Gasteiger partial charge in [0.05, 0.1) is 31.4 Å². The number of amides is 1. The Labute approximate surface area is 145 Å². The van der Waals surface area contributed by atoms with Crippen LogP contribution < -0.4 is 14.8 Å². The molecule has 0 aliphatic rings. The maximum atomic E-state index is 12.2. The highest BCUT2D eigenvalue weighted by atomic mass is 16.5. The van der Waals surface area contributed by atoms with Gasteiger partial charge in [-0.3, -0.25) is 9.78 Å². The largest absolute Gasteiger partial charge is 0.493 e. The van der Waals surface area contributed by atoms with E-state index in [0.717, 1.165) is 11.1 Å². The van der Waals surface area contributed by atoms with Crippen molar-refractivity contribution in [3.8, 4) is 11.5 Å². The summed E-state index contributed by atoms with van der Waals surface area (Å²) in [6, 6.07) is 13.2. The summed E-state index contributed by atoms with van der Waals surface area (Å²) in [6.07, 6.45) is 2.17. The Morgan fingerprint density at radius 2 is 1.80 bits per heavy atom.